The molecule has 1 nitrogen and oxygen atoms in total. The van der Waals surface area contributed by atoms with Gasteiger partial charge < -0.3 is 4.98 Å². The second kappa shape index (κ2) is 4.15. The van der Waals surface area contributed by atoms with Gasteiger partial charge in [-0.25, -0.2) is 0 Å². The van der Waals surface area contributed by atoms with Gasteiger partial charge >= 0.3 is 0 Å². The van der Waals surface area contributed by atoms with Gasteiger partial charge in [0, 0.05) is 16.4 Å². The van der Waals surface area contributed by atoms with E-state index in [4.69, 9.17) is 12.2 Å². The maximum absolute atomic E-state index is 5.18. The van der Waals surface area contributed by atoms with Crippen LogP contribution in [0.5, 0.6) is 0 Å². The number of aromatic nitrogens is 1. The maximum atomic E-state index is 5.18. The molecular weight excluding hydrogens is 226 g/mol. The fraction of sp³-hybridized carbons (Fsp3) is 0. The second-order valence-electron chi connectivity index (χ2n) is 4.00. The van der Waals surface area contributed by atoms with E-state index in [-0.39, 0.29) is 0 Å². The molecule has 82 valence electrons. The van der Waals surface area contributed by atoms with Crippen molar-refractivity contribution in [3.8, 4) is 11.3 Å². The first-order valence-electron chi connectivity index (χ1n) is 5.51. The maximum Gasteiger partial charge on any atom is 0.0468 e. The van der Waals surface area contributed by atoms with Gasteiger partial charge in [0.05, 0.1) is 0 Å². The predicted molar refractivity (Wildman–Crippen MR) is 74.6 cm³/mol. The van der Waals surface area contributed by atoms with Crippen molar-refractivity contribution in [2.75, 3.05) is 0 Å². The van der Waals surface area contributed by atoms with E-state index in [0.717, 1.165) is 15.8 Å². The van der Waals surface area contributed by atoms with Gasteiger partial charge in [0.1, 0.15) is 0 Å². The van der Waals surface area contributed by atoms with Crippen molar-refractivity contribution in [1.29, 1.82) is 0 Å². The lowest BCUT2D eigenvalue weighted by molar-refractivity contribution is 1.32. The molecule has 1 aromatic heterocycles. The molecule has 3 aromatic rings. The molecule has 17 heavy (non-hydrogen) atoms. The summed E-state index contributed by atoms with van der Waals surface area (Å²) in [6, 6.07) is 18.6. The van der Waals surface area contributed by atoms with Gasteiger partial charge in [0.15, 0.2) is 0 Å². The van der Waals surface area contributed by atoms with E-state index in [1.54, 1.807) is 0 Å². The molecule has 0 radical (unpaired) electrons. The summed E-state index contributed by atoms with van der Waals surface area (Å²) in [4.78, 5) is 3.22. The molecular formula is C15H11NS. The highest BCUT2D eigenvalue weighted by Gasteiger charge is 1.99. The van der Waals surface area contributed by atoms with Crippen LogP contribution >= 0.6 is 12.2 Å². The molecule has 0 atom stereocenters. The van der Waals surface area contributed by atoms with Crippen LogP contribution in [-0.2, 0) is 0 Å². The molecule has 0 spiro atoms. The van der Waals surface area contributed by atoms with Gasteiger partial charge in [-0.3, -0.25) is 0 Å². The first kappa shape index (κ1) is 10.2. The number of hydrogen-bond acceptors (Lipinski definition) is 1. The van der Waals surface area contributed by atoms with Crippen LogP contribution in [0.15, 0.2) is 60.8 Å². The minimum Gasteiger partial charge on any atom is -0.361 e. The number of H-pyrrole nitrogens is 1. The van der Waals surface area contributed by atoms with Crippen molar-refractivity contribution in [3.05, 3.63) is 65.3 Å². The standard InChI is InChI=1S/C15H11NS/c17-14-7-8-16-15(10-14)13-6-5-11-3-1-2-4-12(11)9-13/h1-10H,(H,16,17). The normalized spacial score (nSPS) is 10.6. The lowest BCUT2D eigenvalue weighted by Gasteiger charge is -2.04. The van der Waals surface area contributed by atoms with E-state index in [1.807, 2.05) is 18.3 Å². The summed E-state index contributed by atoms with van der Waals surface area (Å²) in [7, 11) is 0. The Morgan fingerprint density at radius 2 is 1.65 bits per heavy atom. The fourth-order valence-electron chi connectivity index (χ4n) is 1.97. The Morgan fingerprint density at radius 1 is 0.824 bits per heavy atom. The van der Waals surface area contributed by atoms with Crippen molar-refractivity contribution in [2.24, 2.45) is 0 Å². The van der Waals surface area contributed by atoms with E-state index in [2.05, 4.69) is 47.4 Å². The highest BCUT2D eigenvalue weighted by Crippen LogP contribution is 2.22. The molecule has 3 rings (SSSR count). The number of nitrogens with one attached hydrogen (secondary N) is 1. The number of fused-ring (bicyclic) bond motifs is 1. The summed E-state index contributed by atoms with van der Waals surface area (Å²) in [6.45, 7) is 0. The van der Waals surface area contributed by atoms with Crippen molar-refractivity contribution < 1.29 is 0 Å². The van der Waals surface area contributed by atoms with Crippen molar-refractivity contribution in [2.45, 2.75) is 0 Å². The van der Waals surface area contributed by atoms with E-state index < -0.39 is 0 Å². The largest absolute Gasteiger partial charge is 0.361 e. The van der Waals surface area contributed by atoms with Crippen molar-refractivity contribution >= 4 is 23.0 Å². The molecule has 0 saturated carbocycles. The van der Waals surface area contributed by atoms with Crippen LogP contribution in [0.4, 0.5) is 0 Å². The molecule has 0 fully saturated rings. The Bertz CT molecular complexity index is 728. The van der Waals surface area contributed by atoms with Gasteiger partial charge in [-0.15, -0.1) is 0 Å². The van der Waals surface area contributed by atoms with Crippen LogP contribution in [0.3, 0.4) is 0 Å². The fourth-order valence-corrected chi connectivity index (χ4v) is 2.16. The molecule has 2 heteroatoms. The van der Waals surface area contributed by atoms with Gasteiger partial charge in [-0.1, -0.05) is 48.6 Å². The summed E-state index contributed by atoms with van der Waals surface area (Å²) >= 11 is 5.18. The first-order valence-corrected chi connectivity index (χ1v) is 5.92. The van der Waals surface area contributed by atoms with Crippen LogP contribution in [0.25, 0.3) is 22.0 Å². The Kier molecular flexibility index (Phi) is 2.50. The van der Waals surface area contributed by atoms with Crippen LogP contribution in [0.1, 0.15) is 0 Å². The zero-order valence-electron chi connectivity index (χ0n) is 9.18. The average Bonchev–Trinajstić information content (AvgIpc) is 2.38. The zero-order chi connectivity index (χ0) is 11.7. The van der Waals surface area contributed by atoms with Gasteiger partial charge in [-0.05, 0) is 34.5 Å². The molecule has 1 heterocycles. The van der Waals surface area contributed by atoms with Crippen LogP contribution in [0, 0.1) is 4.51 Å². The van der Waals surface area contributed by atoms with Gasteiger partial charge in [0.25, 0.3) is 0 Å². The van der Waals surface area contributed by atoms with E-state index in [9.17, 15) is 0 Å². The lowest BCUT2D eigenvalue weighted by atomic mass is 10.0. The van der Waals surface area contributed by atoms with E-state index in [1.165, 1.54) is 10.8 Å². The Balaban J connectivity index is 2.21. The van der Waals surface area contributed by atoms with E-state index >= 15 is 0 Å². The third-order valence-corrected chi connectivity index (χ3v) is 3.09. The Morgan fingerprint density at radius 3 is 2.47 bits per heavy atom. The molecule has 0 aliphatic heterocycles. The number of aromatic amines is 1. The predicted octanol–water partition coefficient (Wildman–Crippen LogP) is 4.56. The average molecular weight is 237 g/mol. The SMILES string of the molecule is S=c1cc[nH]c(-c2ccc3ccccc3c2)c1. The lowest BCUT2D eigenvalue weighted by Crippen LogP contribution is -1.82. The molecule has 2 aromatic carbocycles. The third-order valence-electron chi connectivity index (χ3n) is 2.83. The quantitative estimate of drug-likeness (QED) is 0.613. The number of rotatable bonds is 1. The second-order valence-corrected chi connectivity index (χ2v) is 4.47. The third kappa shape index (κ3) is 1.99. The summed E-state index contributed by atoms with van der Waals surface area (Å²) in [6.07, 6.45) is 1.88. The summed E-state index contributed by atoms with van der Waals surface area (Å²) in [5.74, 6) is 0. The van der Waals surface area contributed by atoms with Crippen LogP contribution in [0.2, 0.25) is 0 Å². The molecule has 0 unspecified atom stereocenters. The molecule has 0 aliphatic rings. The summed E-state index contributed by atoms with van der Waals surface area (Å²) < 4.78 is 0.854. The summed E-state index contributed by atoms with van der Waals surface area (Å²) in [5, 5.41) is 2.50. The van der Waals surface area contributed by atoms with E-state index in [0.29, 0.717) is 0 Å². The number of pyridine rings is 1. The molecule has 0 amide bonds. The molecule has 0 bridgehead atoms. The highest BCUT2D eigenvalue weighted by atomic mass is 32.1. The molecule has 1 N–H and O–H groups in total. The Labute approximate surface area is 105 Å². The van der Waals surface area contributed by atoms with Crippen molar-refractivity contribution in [1.82, 2.24) is 4.98 Å². The Hall–Kier alpha value is -1.93. The molecule has 0 saturated heterocycles. The topological polar surface area (TPSA) is 15.8 Å². The minimum atomic E-state index is 0.854. The monoisotopic (exact) mass is 237 g/mol. The highest BCUT2D eigenvalue weighted by molar-refractivity contribution is 7.71. The van der Waals surface area contributed by atoms with Gasteiger partial charge in [-0.2, -0.15) is 0 Å². The number of hydrogen-bond donors (Lipinski definition) is 1. The smallest absolute Gasteiger partial charge is 0.0468 e. The first-order chi connectivity index (χ1) is 8.33. The summed E-state index contributed by atoms with van der Waals surface area (Å²) in [5.41, 5.74) is 2.22. The zero-order valence-corrected chi connectivity index (χ0v) is 10.00. The van der Waals surface area contributed by atoms with Crippen LogP contribution in [-0.4, -0.2) is 4.98 Å². The molecule has 0 aliphatic carbocycles. The van der Waals surface area contributed by atoms with Gasteiger partial charge in [0.2, 0.25) is 0 Å². The van der Waals surface area contributed by atoms with Crippen LogP contribution < -0.4 is 0 Å². The minimum absolute atomic E-state index is 0.854. The van der Waals surface area contributed by atoms with Crippen molar-refractivity contribution in [3.63, 3.8) is 0 Å². The number of benzene rings is 2.